The van der Waals surface area contributed by atoms with Crippen LogP contribution in [-0.2, 0) is 0 Å². The highest BCUT2D eigenvalue weighted by Gasteiger charge is 2.05. The molecule has 0 saturated carbocycles. The van der Waals surface area contributed by atoms with Crippen molar-refractivity contribution in [3.05, 3.63) is 0 Å². The fourth-order valence-corrected chi connectivity index (χ4v) is 3.38. The molecule has 0 aliphatic heterocycles. The van der Waals surface area contributed by atoms with Gasteiger partial charge in [-0.2, -0.15) is 11.8 Å². The van der Waals surface area contributed by atoms with E-state index in [-0.39, 0.29) is 0 Å². The lowest BCUT2D eigenvalue weighted by Gasteiger charge is -2.13. The van der Waals surface area contributed by atoms with E-state index >= 15 is 0 Å². The smallest absolute Gasteiger partial charge is 0.00392 e. The molecule has 0 spiro atoms. The van der Waals surface area contributed by atoms with Gasteiger partial charge in [0.2, 0.25) is 0 Å². The van der Waals surface area contributed by atoms with Crippen LogP contribution in [0.25, 0.3) is 0 Å². The van der Waals surface area contributed by atoms with E-state index in [4.69, 9.17) is 0 Å². The van der Waals surface area contributed by atoms with Crippen LogP contribution in [0.15, 0.2) is 0 Å². The van der Waals surface area contributed by atoms with Gasteiger partial charge in [0, 0.05) is 0 Å². The molecule has 0 fully saturated rings. The van der Waals surface area contributed by atoms with Gasteiger partial charge in [0.25, 0.3) is 0 Å². The molecule has 0 N–H and O–H groups in total. The van der Waals surface area contributed by atoms with Gasteiger partial charge in [-0.3, -0.25) is 0 Å². The summed E-state index contributed by atoms with van der Waals surface area (Å²) in [7, 11) is 0. The van der Waals surface area contributed by atoms with Gasteiger partial charge in [-0.25, -0.2) is 0 Å². The average Bonchev–Trinajstić information content (AvgIpc) is 2.35. The van der Waals surface area contributed by atoms with Crippen LogP contribution in [0.3, 0.4) is 0 Å². The monoisotopic (exact) mass is 258 g/mol. The fraction of sp³-hybridized carbons (Fsp3) is 1.00. The summed E-state index contributed by atoms with van der Waals surface area (Å²) in [6, 6.07) is 0. The Morgan fingerprint density at radius 1 is 0.765 bits per heavy atom. The van der Waals surface area contributed by atoms with Crippen LogP contribution < -0.4 is 0 Å². The Kier molecular flexibility index (Phi) is 14.7. The molecule has 0 bridgehead atoms. The molecule has 0 saturated heterocycles. The van der Waals surface area contributed by atoms with Crippen LogP contribution in [0.4, 0.5) is 0 Å². The van der Waals surface area contributed by atoms with Crippen molar-refractivity contribution in [3.8, 4) is 0 Å². The first-order chi connectivity index (χ1) is 8.35. The minimum absolute atomic E-state index is 0.988. The van der Waals surface area contributed by atoms with Crippen molar-refractivity contribution in [1.29, 1.82) is 0 Å². The Bertz CT molecular complexity index is 133. The molecular formula is C16H34S. The summed E-state index contributed by atoms with van der Waals surface area (Å²) in [5, 5.41) is 0. The SMILES string of the molecule is CCCCCCCCCC(CC)CSCCC. The van der Waals surface area contributed by atoms with Gasteiger partial charge in [0.05, 0.1) is 0 Å². The van der Waals surface area contributed by atoms with Crippen molar-refractivity contribution >= 4 is 11.8 Å². The average molecular weight is 259 g/mol. The lowest BCUT2D eigenvalue weighted by atomic mass is 9.99. The van der Waals surface area contributed by atoms with Gasteiger partial charge in [0.1, 0.15) is 0 Å². The highest BCUT2D eigenvalue weighted by molar-refractivity contribution is 7.99. The van der Waals surface area contributed by atoms with E-state index in [1.165, 1.54) is 75.7 Å². The molecule has 0 aromatic carbocycles. The van der Waals surface area contributed by atoms with Gasteiger partial charge in [-0.1, -0.05) is 72.1 Å². The first-order valence-electron chi connectivity index (χ1n) is 7.92. The standard InChI is InChI=1S/C16H34S/c1-4-7-8-9-10-11-12-13-16(6-3)15-17-14-5-2/h16H,4-15H2,1-3H3. The van der Waals surface area contributed by atoms with E-state index in [1.54, 1.807) is 0 Å². The lowest BCUT2D eigenvalue weighted by molar-refractivity contribution is 0.477. The molecule has 0 radical (unpaired) electrons. The Labute approximate surface area is 114 Å². The predicted octanol–water partition coefficient (Wildman–Crippen LogP) is 6.30. The van der Waals surface area contributed by atoms with Crippen LogP contribution in [0.5, 0.6) is 0 Å². The Hall–Kier alpha value is 0.350. The lowest BCUT2D eigenvalue weighted by Crippen LogP contribution is -2.02. The van der Waals surface area contributed by atoms with Crippen LogP contribution in [0, 0.1) is 5.92 Å². The third-order valence-electron chi connectivity index (χ3n) is 3.50. The summed E-state index contributed by atoms with van der Waals surface area (Å²) in [6.07, 6.45) is 14.3. The molecule has 0 aliphatic carbocycles. The largest absolute Gasteiger partial charge is 0.162 e. The molecule has 1 heteroatoms. The normalized spacial score (nSPS) is 12.9. The molecule has 1 unspecified atom stereocenters. The molecular weight excluding hydrogens is 224 g/mol. The minimum atomic E-state index is 0.988. The highest BCUT2D eigenvalue weighted by Crippen LogP contribution is 2.20. The molecule has 1 atom stereocenters. The van der Waals surface area contributed by atoms with Crippen molar-refractivity contribution < 1.29 is 0 Å². The summed E-state index contributed by atoms with van der Waals surface area (Å²) in [5.41, 5.74) is 0. The predicted molar refractivity (Wildman–Crippen MR) is 84.0 cm³/mol. The number of thioether (sulfide) groups is 1. The number of hydrogen-bond donors (Lipinski definition) is 0. The van der Waals surface area contributed by atoms with Gasteiger partial charge in [0.15, 0.2) is 0 Å². The summed E-state index contributed by atoms with van der Waals surface area (Å²) < 4.78 is 0. The third-order valence-corrected chi connectivity index (χ3v) is 4.90. The number of hydrogen-bond acceptors (Lipinski definition) is 1. The summed E-state index contributed by atoms with van der Waals surface area (Å²) in [5.74, 6) is 3.75. The van der Waals surface area contributed by atoms with Crippen LogP contribution in [0.2, 0.25) is 0 Å². The maximum Gasteiger partial charge on any atom is -0.00392 e. The zero-order chi connectivity index (χ0) is 12.8. The Balaban J connectivity index is 3.25. The van der Waals surface area contributed by atoms with Crippen LogP contribution >= 0.6 is 11.8 Å². The van der Waals surface area contributed by atoms with E-state index in [0.717, 1.165) is 5.92 Å². The van der Waals surface area contributed by atoms with E-state index in [1.807, 2.05) is 0 Å². The van der Waals surface area contributed by atoms with E-state index < -0.39 is 0 Å². The molecule has 0 amide bonds. The maximum absolute atomic E-state index is 2.36. The van der Waals surface area contributed by atoms with Crippen molar-refractivity contribution in [2.24, 2.45) is 5.92 Å². The second-order valence-corrected chi connectivity index (χ2v) is 6.41. The molecule has 0 rings (SSSR count). The van der Waals surface area contributed by atoms with Crippen molar-refractivity contribution in [2.45, 2.75) is 85.0 Å². The second kappa shape index (κ2) is 14.4. The first-order valence-corrected chi connectivity index (χ1v) is 9.08. The summed E-state index contributed by atoms with van der Waals surface area (Å²) in [6.45, 7) is 6.93. The first kappa shape index (κ1) is 17.4. The van der Waals surface area contributed by atoms with Gasteiger partial charge < -0.3 is 0 Å². The summed E-state index contributed by atoms with van der Waals surface area (Å²) in [4.78, 5) is 0. The zero-order valence-electron chi connectivity index (χ0n) is 12.5. The number of rotatable bonds is 13. The Morgan fingerprint density at radius 2 is 1.41 bits per heavy atom. The third kappa shape index (κ3) is 12.6. The maximum atomic E-state index is 2.36. The molecule has 104 valence electrons. The quantitative estimate of drug-likeness (QED) is 0.349. The Morgan fingerprint density at radius 3 is 2.00 bits per heavy atom. The van der Waals surface area contributed by atoms with Gasteiger partial charge >= 0.3 is 0 Å². The van der Waals surface area contributed by atoms with E-state index in [9.17, 15) is 0 Å². The van der Waals surface area contributed by atoms with Crippen molar-refractivity contribution in [3.63, 3.8) is 0 Å². The second-order valence-electron chi connectivity index (χ2n) is 5.26. The van der Waals surface area contributed by atoms with Gasteiger partial charge in [-0.15, -0.1) is 0 Å². The molecule has 17 heavy (non-hydrogen) atoms. The zero-order valence-corrected chi connectivity index (χ0v) is 13.3. The summed E-state index contributed by atoms with van der Waals surface area (Å²) >= 11 is 2.16. The molecule has 0 nitrogen and oxygen atoms in total. The van der Waals surface area contributed by atoms with Gasteiger partial charge in [-0.05, 0) is 30.3 Å². The van der Waals surface area contributed by atoms with E-state index in [2.05, 4.69) is 32.5 Å². The molecule has 0 heterocycles. The van der Waals surface area contributed by atoms with Crippen molar-refractivity contribution in [1.82, 2.24) is 0 Å². The topological polar surface area (TPSA) is 0 Å². The van der Waals surface area contributed by atoms with Crippen LogP contribution in [-0.4, -0.2) is 11.5 Å². The molecule has 0 aromatic heterocycles. The highest BCUT2D eigenvalue weighted by atomic mass is 32.2. The molecule has 0 aromatic rings. The van der Waals surface area contributed by atoms with E-state index in [0.29, 0.717) is 0 Å². The fourth-order valence-electron chi connectivity index (χ4n) is 2.19. The van der Waals surface area contributed by atoms with Crippen molar-refractivity contribution in [2.75, 3.05) is 11.5 Å². The minimum Gasteiger partial charge on any atom is -0.162 e. The molecule has 0 aliphatic rings. The number of unbranched alkanes of at least 4 members (excludes halogenated alkanes) is 6. The van der Waals surface area contributed by atoms with Crippen LogP contribution in [0.1, 0.15) is 85.0 Å².